The fourth-order valence-electron chi connectivity index (χ4n) is 2.15. The quantitative estimate of drug-likeness (QED) is 0.474. The van der Waals surface area contributed by atoms with E-state index in [2.05, 4.69) is 6.07 Å². The summed E-state index contributed by atoms with van der Waals surface area (Å²) in [5, 5.41) is 9.24. The van der Waals surface area contributed by atoms with Crippen molar-refractivity contribution in [1.29, 1.82) is 5.26 Å². The topological polar surface area (TPSA) is 36.0 Å². The second-order valence-corrected chi connectivity index (χ2v) is 7.13. The fourth-order valence-corrected chi connectivity index (χ4v) is 2.15. The summed E-state index contributed by atoms with van der Waals surface area (Å²) in [5.41, 5.74) is 0.938. The number of methoxy groups -OCH3 is 1. The molecule has 3 nitrogen and oxygen atoms in total. The van der Waals surface area contributed by atoms with E-state index in [9.17, 15) is 9.65 Å². The molecule has 0 radical (unpaired) electrons. The van der Waals surface area contributed by atoms with Gasteiger partial charge in [0.25, 0.3) is 0 Å². The van der Waals surface area contributed by atoms with Crippen molar-refractivity contribution < 1.29 is 13.7 Å². The molecule has 22 heavy (non-hydrogen) atoms. The second kappa shape index (κ2) is 6.08. The van der Waals surface area contributed by atoms with Crippen LogP contribution in [0.4, 0.5) is 4.39 Å². The van der Waals surface area contributed by atoms with Crippen LogP contribution in [0.15, 0.2) is 12.1 Å². The van der Waals surface area contributed by atoms with Crippen molar-refractivity contribution in [3.8, 4) is 6.07 Å². The van der Waals surface area contributed by atoms with E-state index >= 15 is 0 Å². The second-order valence-electron chi connectivity index (χ2n) is 7.13. The van der Waals surface area contributed by atoms with Gasteiger partial charge in [0, 0.05) is 0 Å². The van der Waals surface area contributed by atoms with Crippen LogP contribution >= 0.6 is 0 Å². The smallest absolute Gasteiger partial charge is 0.373 e. The Morgan fingerprint density at radius 3 is 2.14 bits per heavy atom. The van der Waals surface area contributed by atoms with E-state index in [-0.39, 0.29) is 11.4 Å². The lowest BCUT2D eigenvalue weighted by molar-refractivity contribution is -0.577. The van der Waals surface area contributed by atoms with Crippen LogP contribution in [0, 0.1) is 24.1 Å². The van der Waals surface area contributed by atoms with Gasteiger partial charge >= 0.3 is 5.90 Å². The number of nitrogens with zero attached hydrogens (tertiary/aromatic N) is 2. The first kappa shape index (κ1) is 18.2. The number of benzene rings is 1. The number of aryl methyl sites for hydroxylation is 1. The van der Waals surface area contributed by atoms with E-state index in [1.165, 1.54) is 6.07 Å². The number of nitriles is 1. The highest BCUT2D eigenvalue weighted by Crippen LogP contribution is 2.27. The first-order valence-corrected chi connectivity index (χ1v) is 7.32. The van der Waals surface area contributed by atoms with Crippen molar-refractivity contribution in [2.45, 2.75) is 52.5 Å². The van der Waals surface area contributed by atoms with Gasteiger partial charge in [-0.15, -0.1) is 0 Å². The molecule has 0 saturated heterocycles. The average Bonchev–Trinajstić information content (AvgIpc) is 2.40. The van der Waals surface area contributed by atoms with E-state index in [1.54, 1.807) is 21.0 Å². The van der Waals surface area contributed by atoms with Crippen LogP contribution in [0.25, 0.3) is 0 Å². The minimum atomic E-state index is -0.729. The minimum absolute atomic E-state index is 0.200. The molecule has 0 aliphatic carbocycles. The average molecular weight is 305 g/mol. The zero-order valence-electron chi connectivity index (χ0n) is 14.8. The molecule has 0 aliphatic rings. The monoisotopic (exact) mass is 305 g/mol. The molecule has 4 heteroatoms. The molecule has 0 atom stereocenters. The Labute approximate surface area is 133 Å². The first-order chi connectivity index (χ1) is 9.95. The summed E-state index contributed by atoms with van der Waals surface area (Å²) in [5.74, 6) is 0.120. The van der Waals surface area contributed by atoms with Crippen LogP contribution in [-0.2, 0) is 10.2 Å². The Morgan fingerprint density at radius 2 is 1.77 bits per heavy atom. The summed E-state index contributed by atoms with van der Waals surface area (Å²) in [7, 11) is 3.43. The molecule has 1 aromatic carbocycles. The zero-order valence-corrected chi connectivity index (χ0v) is 14.8. The lowest BCUT2D eigenvalue weighted by Gasteiger charge is -2.20. The fraction of sp³-hybridized carbons (Fsp3) is 0.556. The van der Waals surface area contributed by atoms with Crippen molar-refractivity contribution in [1.82, 2.24) is 0 Å². The molecule has 0 spiro atoms. The summed E-state index contributed by atoms with van der Waals surface area (Å²) in [6.07, 6.45) is 0. The van der Waals surface area contributed by atoms with Gasteiger partial charge in [0.1, 0.15) is 18.4 Å². The van der Waals surface area contributed by atoms with Crippen LogP contribution in [0.5, 0.6) is 0 Å². The molecule has 0 bridgehead atoms. The van der Waals surface area contributed by atoms with Gasteiger partial charge in [0.2, 0.25) is 0 Å². The maximum Gasteiger partial charge on any atom is 0.373 e. The van der Waals surface area contributed by atoms with E-state index in [0.29, 0.717) is 17.0 Å². The van der Waals surface area contributed by atoms with Crippen LogP contribution in [0.3, 0.4) is 0 Å². The Kier molecular flexibility index (Phi) is 5.02. The molecule has 0 heterocycles. The molecule has 1 rings (SSSR count). The standard InChI is InChI=1S/C18H26FN2O/c1-12-9-13(18(5,6)11-20)10-14(19)15(12)16(22-8)21(7)17(2,3)4/h9-10H,1-8H3/q+1. The van der Waals surface area contributed by atoms with Gasteiger partial charge < -0.3 is 4.74 Å². The Bertz CT molecular complexity index is 623. The predicted octanol–water partition coefficient (Wildman–Crippen LogP) is 3.77. The molecule has 120 valence electrons. The maximum absolute atomic E-state index is 14.7. The SMILES string of the molecule is COC(c1c(C)cc(C(C)(C)C#N)cc1F)=[N+](C)C(C)(C)C. The molecule has 0 aromatic heterocycles. The third kappa shape index (κ3) is 3.47. The van der Waals surface area contributed by atoms with Crippen molar-refractivity contribution >= 4 is 5.90 Å². The van der Waals surface area contributed by atoms with E-state index in [1.807, 2.05) is 45.4 Å². The first-order valence-electron chi connectivity index (χ1n) is 7.32. The Balaban J connectivity index is 3.62. The molecule has 0 N–H and O–H groups in total. The molecule has 0 unspecified atom stereocenters. The van der Waals surface area contributed by atoms with Gasteiger partial charge in [-0.3, -0.25) is 0 Å². The van der Waals surface area contributed by atoms with Gasteiger partial charge in [0.05, 0.1) is 18.6 Å². The highest BCUT2D eigenvalue weighted by molar-refractivity contribution is 5.92. The van der Waals surface area contributed by atoms with Gasteiger partial charge in [-0.1, -0.05) is 6.07 Å². The lowest BCUT2D eigenvalue weighted by atomic mass is 9.84. The van der Waals surface area contributed by atoms with E-state index in [0.717, 1.165) is 5.56 Å². The van der Waals surface area contributed by atoms with E-state index in [4.69, 9.17) is 4.74 Å². The van der Waals surface area contributed by atoms with Crippen molar-refractivity contribution in [2.24, 2.45) is 0 Å². The van der Waals surface area contributed by atoms with Crippen LogP contribution in [0.2, 0.25) is 0 Å². The van der Waals surface area contributed by atoms with Crippen molar-refractivity contribution in [2.75, 3.05) is 14.2 Å². The summed E-state index contributed by atoms with van der Waals surface area (Å²) in [6, 6.07) is 5.50. The zero-order chi connectivity index (χ0) is 17.3. The van der Waals surface area contributed by atoms with Crippen LogP contribution in [0.1, 0.15) is 51.3 Å². The minimum Gasteiger partial charge on any atom is -0.448 e. The number of hydrogen-bond acceptors (Lipinski definition) is 2. The largest absolute Gasteiger partial charge is 0.448 e. The van der Waals surface area contributed by atoms with Gasteiger partial charge in [-0.2, -0.15) is 9.84 Å². The molecular weight excluding hydrogens is 279 g/mol. The molecular formula is C18H26FN2O+. The molecule has 0 amide bonds. The number of hydrogen-bond donors (Lipinski definition) is 0. The highest BCUT2D eigenvalue weighted by atomic mass is 19.1. The maximum atomic E-state index is 14.7. The lowest BCUT2D eigenvalue weighted by Crippen LogP contribution is -2.36. The van der Waals surface area contributed by atoms with Gasteiger partial charge in [-0.05, 0) is 58.7 Å². The molecule has 0 aliphatic heterocycles. The highest BCUT2D eigenvalue weighted by Gasteiger charge is 2.31. The van der Waals surface area contributed by atoms with Crippen LogP contribution in [-0.4, -0.2) is 30.2 Å². The third-order valence-corrected chi connectivity index (χ3v) is 4.01. The number of ether oxygens (including phenoxy) is 1. The van der Waals surface area contributed by atoms with Gasteiger partial charge in [-0.25, -0.2) is 4.39 Å². The summed E-state index contributed by atoms with van der Waals surface area (Å²) >= 11 is 0. The predicted molar refractivity (Wildman–Crippen MR) is 86.8 cm³/mol. The molecule has 0 saturated carbocycles. The van der Waals surface area contributed by atoms with E-state index < -0.39 is 5.41 Å². The Hall–Kier alpha value is -1.89. The van der Waals surface area contributed by atoms with Crippen LogP contribution < -0.4 is 0 Å². The number of halogens is 1. The third-order valence-electron chi connectivity index (χ3n) is 4.01. The normalized spacial score (nSPS) is 13.5. The summed E-state index contributed by atoms with van der Waals surface area (Å²) in [6.45, 7) is 11.5. The summed E-state index contributed by atoms with van der Waals surface area (Å²) in [4.78, 5) is 0. The van der Waals surface area contributed by atoms with Gasteiger partial charge in [0.15, 0.2) is 5.54 Å². The molecule has 1 aromatic rings. The summed E-state index contributed by atoms with van der Waals surface area (Å²) < 4.78 is 22.1. The Morgan fingerprint density at radius 1 is 1.23 bits per heavy atom. The molecule has 0 fully saturated rings. The number of rotatable bonds is 2. The van der Waals surface area contributed by atoms with Crippen molar-refractivity contribution in [3.63, 3.8) is 0 Å². The van der Waals surface area contributed by atoms with Crippen molar-refractivity contribution in [3.05, 3.63) is 34.6 Å².